The predicted molar refractivity (Wildman–Crippen MR) is 175 cm³/mol. The molecule has 0 rings (SSSR count). The molecule has 2 atom stereocenters. The molecule has 0 aliphatic carbocycles. The van der Waals surface area contributed by atoms with E-state index in [1.54, 1.807) is 0 Å². The van der Waals surface area contributed by atoms with Crippen molar-refractivity contribution in [3.8, 4) is 0 Å². The van der Waals surface area contributed by atoms with Gasteiger partial charge in [0.2, 0.25) is 11.8 Å². The first kappa shape index (κ1) is 44.9. The molecule has 0 bridgehead atoms. The van der Waals surface area contributed by atoms with Crippen LogP contribution in [0.25, 0.3) is 0 Å². The topological polar surface area (TPSA) is 148 Å². The van der Waals surface area contributed by atoms with Crippen molar-refractivity contribution in [3.05, 3.63) is 48.6 Å². The summed E-state index contributed by atoms with van der Waals surface area (Å²) in [6.45, 7) is 17.1. The molecule has 0 saturated heterocycles. The molecule has 2 unspecified atom stereocenters. The van der Waals surface area contributed by atoms with Crippen LogP contribution in [0.3, 0.4) is 0 Å². The maximum absolute atomic E-state index is 11.7. The smallest absolute Gasteiger partial charge is 0.310 e. The van der Waals surface area contributed by atoms with Crippen LogP contribution in [0.4, 0.5) is 0 Å². The molecule has 44 heavy (non-hydrogen) atoms. The molecule has 0 aromatic carbocycles. The van der Waals surface area contributed by atoms with Crippen molar-refractivity contribution in [1.82, 2.24) is 10.6 Å². The molecule has 0 aliphatic rings. The summed E-state index contributed by atoms with van der Waals surface area (Å²) >= 11 is 0. The zero-order valence-electron chi connectivity index (χ0n) is 28.4. The third kappa shape index (κ3) is 40.6. The molecule has 0 aliphatic heterocycles. The second-order valence-electron chi connectivity index (χ2n) is 10.8. The largest absolute Gasteiger partial charge is 0.462 e. The monoisotopic (exact) mass is 622 g/mol. The van der Waals surface area contributed by atoms with Gasteiger partial charge >= 0.3 is 17.9 Å². The highest BCUT2D eigenvalue weighted by Gasteiger charge is 2.16. The van der Waals surface area contributed by atoms with E-state index in [-0.39, 0.29) is 36.7 Å². The first-order valence-electron chi connectivity index (χ1n) is 15.3. The van der Waals surface area contributed by atoms with Crippen LogP contribution in [0.1, 0.15) is 101 Å². The van der Waals surface area contributed by atoms with Crippen LogP contribution in [-0.4, -0.2) is 60.1 Å². The number of carbonyl (C=O) groups is 5. The average Bonchev–Trinajstić information content (AvgIpc) is 2.90. The van der Waals surface area contributed by atoms with Gasteiger partial charge in [-0.1, -0.05) is 76.3 Å². The van der Waals surface area contributed by atoms with Gasteiger partial charge in [0.15, 0.2) is 0 Å². The molecule has 10 nitrogen and oxygen atoms in total. The summed E-state index contributed by atoms with van der Waals surface area (Å²) < 4.78 is 9.15. The van der Waals surface area contributed by atoms with Crippen LogP contribution >= 0.6 is 0 Å². The third-order valence-corrected chi connectivity index (χ3v) is 5.07. The lowest BCUT2D eigenvalue weighted by molar-refractivity contribution is -0.156. The molecule has 0 saturated carbocycles. The van der Waals surface area contributed by atoms with Gasteiger partial charge in [0.1, 0.15) is 6.10 Å². The Morgan fingerprint density at radius 2 is 1.09 bits per heavy atom. The van der Waals surface area contributed by atoms with Crippen molar-refractivity contribution in [2.45, 2.75) is 113 Å². The molecule has 10 heteroatoms. The predicted octanol–water partition coefficient (Wildman–Crippen LogP) is 5.51. The zero-order chi connectivity index (χ0) is 34.3. The van der Waals surface area contributed by atoms with Gasteiger partial charge in [-0.3, -0.25) is 24.0 Å². The number of nitrogens with one attached hydrogen (secondary N) is 2. The molecule has 0 aromatic rings. The maximum atomic E-state index is 11.7. The summed E-state index contributed by atoms with van der Waals surface area (Å²) in [6, 6.07) is 0. The highest BCUT2D eigenvalue weighted by atomic mass is 16.6. The van der Waals surface area contributed by atoms with Gasteiger partial charge in [0, 0.05) is 33.9 Å². The van der Waals surface area contributed by atoms with E-state index in [2.05, 4.69) is 15.4 Å². The number of amides is 2. The van der Waals surface area contributed by atoms with Gasteiger partial charge < -0.3 is 25.2 Å². The van der Waals surface area contributed by atoms with Crippen LogP contribution in [0.15, 0.2) is 48.6 Å². The number of carbonyl (C=O) groups excluding carboxylic acids is 5. The third-order valence-electron chi connectivity index (χ3n) is 5.07. The van der Waals surface area contributed by atoms with E-state index < -0.39 is 18.0 Å². The fourth-order valence-electron chi connectivity index (χ4n) is 3.09. The van der Waals surface area contributed by atoms with Gasteiger partial charge in [0.25, 0.3) is 0 Å². The zero-order valence-corrected chi connectivity index (χ0v) is 28.4. The Morgan fingerprint density at radius 3 is 1.45 bits per heavy atom. The van der Waals surface area contributed by atoms with Crippen LogP contribution in [0.2, 0.25) is 0 Å². The lowest BCUT2D eigenvalue weighted by Crippen LogP contribution is -2.31. The molecule has 0 aromatic heterocycles. The molecule has 0 spiro atoms. The van der Waals surface area contributed by atoms with Gasteiger partial charge in [0.05, 0.1) is 18.9 Å². The molecule has 0 heterocycles. The second-order valence-corrected chi connectivity index (χ2v) is 10.8. The molecule has 0 fully saturated rings. The molecule has 252 valence electrons. The van der Waals surface area contributed by atoms with Crippen molar-refractivity contribution in [2.75, 3.05) is 13.1 Å². The Morgan fingerprint density at radius 1 is 0.659 bits per heavy atom. The lowest BCUT2D eigenvalue weighted by Gasteiger charge is -2.16. The van der Waals surface area contributed by atoms with E-state index in [4.69, 9.17) is 4.74 Å². The summed E-state index contributed by atoms with van der Waals surface area (Å²) in [5, 5.41) is 15.3. The highest BCUT2D eigenvalue weighted by molar-refractivity contribution is 5.82. The van der Waals surface area contributed by atoms with Crippen molar-refractivity contribution in [1.29, 1.82) is 0 Å². The van der Waals surface area contributed by atoms with Crippen molar-refractivity contribution >= 4 is 29.7 Å². The fraction of sp³-hybridized carbons (Fsp3) is 0.618. The summed E-state index contributed by atoms with van der Waals surface area (Å²) in [5.74, 6) is -0.746. The number of rotatable bonds is 17. The van der Waals surface area contributed by atoms with Crippen molar-refractivity contribution in [2.24, 2.45) is 11.8 Å². The number of allylic oxidation sites excluding steroid dienone is 8. The van der Waals surface area contributed by atoms with Crippen LogP contribution in [0.5, 0.6) is 0 Å². The van der Waals surface area contributed by atoms with E-state index >= 15 is 0 Å². The van der Waals surface area contributed by atoms with Crippen LogP contribution in [0, 0.1) is 11.8 Å². The van der Waals surface area contributed by atoms with Gasteiger partial charge in [-0.25, -0.2) is 0 Å². The van der Waals surface area contributed by atoms with E-state index in [1.807, 2.05) is 90.2 Å². The number of aliphatic hydroxyl groups is 1. The number of ether oxygens (including phenoxy) is 2. The van der Waals surface area contributed by atoms with E-state index in [0.29, 0.717) is 37.8 Å². The van der Waals surface area contributed by atoms with Crippen LogP contribution in [-0.2, 0) is 33.4 Å². The van der Waals surface area contributed by atoms with E-state index in [9.17, 15) is 29.1 Å². The van der Waals surface area contributed by atoms with E-state index in [1.165, 1.54) is 20.8 Å². The highest BCUT2D eigenvalue weighted by Crippen LogP contribution is 2.09. The quantitative estimate of drug-likeness (QED) is 0.109. The second kappa shape index (κ2) is 30.9. The average molecular weight is 623 g/mol. The molecule has 0 radical (unpaired) electrons. The standard InChI is InChI=1S/C16H27NO3.C14H25NO2.C4H6O3/c1-5-6-7-8-9-10-15(20-14(4)18)11-16(19)17-12-13(2)3;1-4-5-6-7-8-9-13(16)10-14(17)15-11-12(2)3;1-3(5)7-4(2)6/h5-8,13,15H,9-12H2,1-4H3,(H,17,19);4-7,12-13,16H,8-11H2,1-3H3,(H,15,17);1-2H3. The maximum Gasteiger partial charge on any atom is 0.310 e. The molecule has 3 N–H and O–H groups in total. The summed E-state index contributed by atoms with van der Waals surface area (Å²) in [4.78, 5) is 53.8. The Labute approximate surface area is 265 Å². The SMILES string of the molecule is CC(=O)OC(C)=O.CC=CC=CCCC(CC(=O)NCC(C)C)OC(C)=O.CC=CC=CCCC(O)CC(=O)NCC(C)C. The number of hydrogen-bond acceptors (Lipinski definition) is 8. The number of aliphatic hydroxyl groups excluding tert-OH is 1. The Hall–Kier alpha value is -3.53. The van der Waals surface area contributed by atoms with Crippen LogP contribution < -0.4 is 10.6 Å². The molecular weight excluding hydrogens is 564 g/mol. The Kier molecular flexibility index (Phi) is 31.5. The molecule has 2 amide bonds. The Balaban J connectivity index is -0.000000634. The number of esters is 3. The normalized spacial score (nSPS) is 12.5. The fourth-order valence-corrected chi connectivity index (χ4v) is 3.09. The number of hydrogen-bond donors (Lipinski definition) is 3. The Bertz CT molecular complexity index is 908. The van der Waals surface area contributed by atoms with E-state index in [0.717, 1.165) is 12.8 Å². The summed E-state index contributed by atoms with van der Waals surface area (Å²) in [7, 11) is 0. The first-order chi connectivity index (χ1) is 20.6. The molecular formula is C34H58N2O8. The van der Waals surface area contributed by atoms with Crippen molar-refractivity contribution in [3.63, 3.8) is 0 Å². The minimum absolute atomic E-state index is 0.0661. The van der Waals surface area contributed by atoms with Crippen molar-refractivity contribution < 1.29 is 38.6 Å². The van der Waals surface area contributed by atoms with Gasteiger partial charge in [-0.2, -0.15) is 0 Å². The minimum Gasteiger partial charge on any atom is -0.462 e. The lowest BCUT2D eigenvalue weighted by atomic mass is 10.1. The summed E-state index contributed by atoms with van der Waals surface area (Å²) in [6.07, 6.45) is 18.1. The van der Waals surface area contributed by atoms with Gasteiger partial charge in [-0.05, 0) is 51.4 Å². The van der Waals surface area contributed by atoms with Gasteiger partial charge in [-0.15, -0.1) is 0 Å². The first-order valence-corrected chi connectivity index (χ1v) is 15.3. The minimum atomic E-state index is -0.562. The summed E-state index contributed by atoms with van der Waals surface area (Å²) in [5.41, 5.74) is 0.